The van der Waals surface area contributed by atoms with Gasteiger partial charge in [-0.05, 0) is 95.8 Å². The number of rotatable bonds is 5. The molecule has 0 spiro atoms. The third-order valence-electron chi connectivity index (χ3n) is 7.45. The summed E-state index contributed by atoms with van der Waals surface area (Å²) >= 11 is 2.21. The van der Waals surface area contributed by atoms with Crippen LogP contribution in [0.4, 0.5) is 5.69 Å². The highest BCUT2D eigenvalue weighted by molar-refractivity contribution is 14.1. The maximum Gasteiger partial charge on any atom is 0.348 e. The largest absolute Gasteiger partial charge is 0.478 e. The van der Waals surface area contributed by atoms with Crippen molar-refractivity contribution in [2.45, 2.75) is 64.6 Å². The summed E-state index contributed by atoms with van der Waals surface area (Å²) in [5.41, 5.74) is -0.00490. The maximum absolute atomic E-state index is 13.8. The molecule has 2 aliphatic heterocycles. The Kier molecular flexibility index (Phi) is 8.68. The van der Waals surface area contributed by atoms with E-state index < -0.39 is 35.0 Å². The van der Waals surface area contributed by atoms with Gasteiger partial charge in [0.1, 0.15) is 17.8 Å². The molecule has 1 fully saturated rings. The number of likely N-dealkylation sites (tertiary alicyclic amines) is 1. The van der Waals surface area contributed by atoms with Crippen molar-refractivity contribution in [2.75, 3.05) is 18.5 Å². The van der Waals surface area contributed by atoms with Gasteiger partial charge in [-0.1, -0.05) is 26.7 Å². The molecule has 41 heavy (non-hydrogen) atoms. The fraction of sp³-hybridized carbons (Fsp3) is 0.419. The molecule has 4 rings (SSSR count). The fourth-order valence-corrected chi connectivity index (χ4v) is 5.43. The first kappa shape index (κ1) is 30.4. The summed E-state index contributed by atoms with van der Waals surface area (Å²) in [5, 5.41) is 12.2. The summed E-state index contributed by atoms with van der Waals surface area (Å²) in [6.07, 6.45) is 1.43. The molecule has 3 amide bonds. The molecule has 2 aliphatic rings. The molecule has 0 aliphatic carbocycles. The second-order valence-corrected chi connectivity index (χ2v) is 13.0. The first-order valence-electron chi connectivity index (χ1n) is 13.4. The number of carboxylic acid groups (broad SMARTS) is 1. The van der Waals surface area contributed by atoms with Crippen LogP contribution in [0.15, 0.2) is 42.5 Å². The highest BCUT2D eigenvalue weighted by Gasteiger charge is 2.43. The summed E-state index contributed by atoms with van der Waals surface area (Å²) in [6, 6.07) is 11.1. The van der Waals surface area contributed by atoms with E-state index in [4.69, 9.17) is 4.74 Å². The van der Waals surface area contributed by atoms with Crippen LogP contribution in [0.2, 0.25) is 0 Å². The molecule has 0 radical (unpaired) electrons. The van der Waals surface area contributed by atoms with E-state index in [1.165, 1.54) is 6.92 Å². The number of halogens is 1. The molecule has 0 aromatic heterocycles. The molecule has 10 heteroatoms. The number of nitrogens with one attached hydrogen (secondary N) is 1. The van der Waals surface area contributed by atoms with Gasteiger partial charge < -0.3 is 25.0 Å². The summed E-state index contributed by atoms with van der Waals surface area (Å²) in [4.78, 5) is 54.8. The SMILES string of the molecule is CN(C(=O)[C@@H]1CCCN1C(=O)[C@@H](NC(=O)C#Cc1ccc2c(c1)CC(C)(C(=O)O)O2)C(C)(C)C)c1ccc(I)cc1. The number of amides is 3. The third-order valence-corrected chi connectivity index (χ3v) is 8.17. The van der Waals surface area contributed by atoms with Crippen LogP contribution in [0, 0.1) is 20.8 Å². The predicted molar refractivity (Wildman–Crippen MR) is 162 cm³/mol. The Balaban J connectivity index is 1.47. The average Bonchev–Trinajstić information content (AvgIpc) is 3.53. The monoisotopic (exact) mass is 671 g/mol. The van der Waals surface area contributed by atoms with Crippen LogP contribution >= 0.6 is 22.6 Å². The molecule has 0 bridgehead atoms. The summed E-state index contributed by atoms with van der Waals surface area (Å²) in [6.45, 7) is 7.50. The van der Waals surface area contributed by atoms with Crippen LogP contribution in [0.1, 0.15) is 51.7 Å². The Morgan fingerprint density at radius 1 is 1.17 bits per heavy atom. The van der Waals surface area contributed by atoms with Gasteiger partial charge in [0.25, 0.3) is 5.91 Å². The van der Waals surface area contributed by atoms with Crippen LogP contribution in [-0.2, 0) is 25.6 Å². The van der Waals surface area contributed by atoms with Crippen molar-refractivity contribution in [3.63, 3.8) is 0 Å². The highest BCUT2D eigenvalue weighted by atomic mass is 127. The smallest absolute Gasteiger partial charge is 0.348 e. The number of hydrogen-bond donors (Lipinski definition) is 2. The topological polar surface area (TPSA) is 116 Å². The first-order valence-corrected chi connectivity index (χ1v) is 14.5. The van der Waals surface area contributed by atoms with Crippen molar-refractivity contribution >= 4 is 52.0 Å². The van der Waals surface area contributed by atoms with Crippen LogP contribution in [0.3, 0.4) is 0 Å². The van der Waals surface area contributed by atoms with Crippen molar-refractivity contribution in [1.82, 2.24) is 10.2 Å². The maximum atomic E-state index is 13.8. The Hall–Kier alpha value is -3.59. The zero-order chi connectivity index (χ0) is 30.1. The summed E-state index contributed by atoms with van der Waals surface area (Å²) in [7, 11) is 1.71. The lowest BCUT2D eigenvalue weighted by Crippen LogP contribution is -2.57. The Bertz CT molecular complexity index is 1440. The van der Waals surface area contributed by atoms with Gasteiger partial charge in [-0.25, -0.2) is 4.79 Å². The molecule has 2 aromatic carbocycles. The number of carbonyl (C=O) groups is 4. The molecule has 1 saturated heterocycles. The van der Waals surface area contributed by atoms with E-state index in [0.29, 0.717) is 36.3 Å². The lowest BCUT2D eigenvalue weighted by atomic mass is 9.85. The Morgan fingerprint density at radius 2 is 1.85 bits per heavy atom. The van der Waals surface area contributed by atoms with Crippen molar-refractivity contribution in [3.05, 3.63) is 57.2 Å². The number of aliphatic carboxylic acids is 1. The van der Waals surface area contributed by atoms with Gasteiger partial charge in [0.05, 0.1) is 0 Å². The van der Waals surface area contributed by atoms with Crippen LogP contribution < -0.4 is 15.0 Å². The zero-order valence-electron chi connectivity index (χ0n) is 23.8. The highest BCUT2D eigenvalue weighted by Crippen LogP contribution is 2.35. The Morgan fingerprint density at radius 3 is 2.49 bits per heavy atom. The number of likely N-dealkylation sites (N-methyl/N-ethyl adjacent to an activating group) is 1. The van der Waals surface area contributed by atoms with E-state index in [0.717, 1.165) is 9.26 Å². The number of benzene rings is 2. The summed E-state index contributed by atoms with van der Waals surface area (Å²) < 4.78 is 6.63. The van der Waals surface area contributed by atoms with E-state index in [1.54, 1.807) is 35.0 Å². The minimum Gasteiger partial charge on any atom is -0.478 e. The van der Waals surface area contributed by atoms with Gasteiger partial charge in [-0.3, -0.25) is 14.4 Å². The van der Waals surface area contributed by atoms with Gasteiger partial charge >= 0.3 is 5.97 Å². The predicted octanol–water partition coefficient (Wildman–Crippen LogP) is 3.61. The molecule has 1 unspecified atom stereocenters. The van der Waals surface area contributed by atoms with Gasteiger partial charge in [0, 0.05) is 40.8 Å². The number of anilines is 1. The van der Waals surface area contributed by atoms with Crippen molar-refractivity contribution in [2.24, 2.45) is 5.41 Å². The number of carbonyl (C=O) groups excluding carboxylic acids is 3. The van der Waals surface area contributed by atoms with Crippen molar-refractivity contribution in [3.8, 4) is 17.6 Å². The lowest BCUT2D eigenvalue weighted by Gasteiger charge is -2.35. The standard InChI is InChI=1S/C31H34IN3O6/c1-30(2,3)26(28(38)35-16-6-7-23(35)27(37)34(5)22-12-10-21(32)11-13-22)33-25(36)15-9-19-8-14-24-20(17-19)18-31(4,41-24)29(39)40/h8,10-14,17,23,26H,6-7,16,18H2,1-5H3,(H,33,36)(H,39,40)/t23-,26+,31?/m0/s1. The van der Waals surface area contributed by atoms with Crippen molar-refractivity contribution < 1.29 is 29.0 Å². The number of ether oxygens (including phenoxy) is 1. The van der Waals surface area contributed by atoms with Crippen LogP contribution in [0.25, 0.3) is 0 Å². The minimum atomic E-state index is -1.34. The number of carboxylic acids is 1. The number of fused-ring (bicyclic) bond motifs is 1. The molecule has 9 nitrogen and oxygen atoms in total. The minimum absolute atomic E-state index is 0.171. The third kappa shape index (κ3) is 6.67. The fourth-order valence-electron chi connectivity index (χ4n) is 5.07. The van der Waals surface area contributed by atoms with Gasteiger partial charge in [0.15, 0.2) is 0 Å². The molecular formula is C31H34IN3O6. The average molecular weight is 672 g/mol. The normalized spacial score (nSPS) is 20.2. The molecule has 2 heterocycles. The Labute approximate surface area is 253 Å². The molecular weight excluding hydrogens is 637 g/mol. The van der Waals surface area contributed by atoms with Crippen LogP contribution in [-0.4, -0.2) is 65.0 Å². The van der Waals surface area contributed by atoms with Crippen LogP contribution in [0.5, 0.6) is 5.75 Å². The van der Waals surface area contributed by atoms with E-state index >= 15 is 0 Å². The zero-order valence-corrected chi connectivity index (χ0v) is 25.9. The lowest BCUT2D eigenvalue weighted by molar-refractivity contribution is -0.152. The first-order chi connectivity index (χ1) is 19.2. The van der Waals surface area contributed by atoms with E-state index in [2.05, 4.69) is 39.7 Å². The molecule has 3 atom stereocenters. The van der Waals surface area contributed by atoms with E-state index in [1.807, 2.05) is 45.0 Å². The van der Waals surface area contributed by atoms with E-state index in [-0.39, 0.29) is 18.2 Å². The molecule has 2 aromatic rings. The van der Waals surface area contributed by atoms with Gasteiger partial charge in [-0.15, -0.1) is 0 Å². The molecule has 2 N–H and O–H groups in total. The quantitative estimate of drug-likeness (QED) is 0.371. The van der Waals surface area contributed by atoms with Gasteiger partial charge in [-0.2, -0.15) is 0 Å². The van der Waals surface area contributed by atoms with E-state index in [9.17, 15) is 24.3 Å². The summed E-state index contributed by atoms with van der Waals surface area (Å²) in [5.74, 6) is 3.68. The number of hydrogen-bond acceptors (Lipinski definition) is 5. The molecule has 0 saturated carbocycles. The second-order valence-electron chi connectivity index (χ2n) is 11.7. The van der Waals surface area contributed by atoms with Crippen molar-refractivity contribution in [1.29, 1.82) is 0 Å². The number of nitrogens with zero attached hydrogens (tertiary/aromatic N) is 2. The van der Waals surface area contributed by atoms with Gasteiger partial charge in [0.2, 0.25) is 17.4 Å². The second kappa shape index (κ2) is 11.7. The molecule has 216 valence electrons.